The average Bonchev–Trinajstić information content (AvgIpc) is 2.05. The SMILES string of the molecule is CN[C@H]1CC[C@H](OC)CC1. The van der Waals surface area contributed by atoms with Gasteiger partial charge in [0.1, 0.15) is 0 Å². The maximum Gasteiger partial charge on any atom is 0.0572 e. The highest BCUT2D eigenvalue weighted by Crippen LogP contribution is 2.19. The van der Waals surface area contributed by atoms with Crippen LogP contribution in [0.4, 0.5) is 0 Å². The smallest absolute Gasteiger partial charge is 0.0572 e. The molecule has 0 amide bonds. The molecule has 10 heavy (non-hydrogen) atoms. The van der Waals surface area contributed by atoms with Crippen LogP contribution in [0.5, 0.6) is 0 Å². The fourth-order valence-electron chi connectivity index (χ4n) is 1.59. The molecule has 2 heteroatoms. The van der Waals surface area contributed by atoms with E-state index < -0.39 is 0 Å². The monoisotopic (exact) mass is 143 g/mol. The zero-order valence-corrected chi connectivity index (χ0v) is 6.89. The molecule has 0 aromatic carbocycles. The Balaban J connectivity index is 2.17. The van der Waals surface area contributed by atoms with Gasteiger partial charge < -0.3 is 10.1 Å². The van der Waals surface area contributed by atoms with E-state index in [0.717, 1.165) is 6.04 Å². The van der Waals surface area contributed by atoms with E-state index in [0.29, 0.717) is 6.10 Å². The Morgan fingerprint density at radius 1 is 1.20 bits per heavy atom. The quantitative estimate of drug-likeness (QED) is 0.626. The summed E-state index contributed by atoms with van der Waals surface area (Å²) in [5.74, 6) is 0. The van der Waals surface area contributed by atoms with Gasteiger partial charge in [-0.15, -0.1) is 0 Å². The van der Waals surface area contributed by atoms with Crippen molar-refractivity contribution in [1.29, 1.82) is 0 Å². The van der Waals surface area contributed by atoms with E-state index in [1.54, 1.807) is 0 Å². The lowest BCUT2D eigenvalue weighted by molar-refractivity contribution is 0.0634. The molecule has 1 saturated carbocycles. The Morgan fingerprint density at radius 3 is 2.20 bits per heavy atom. The molecule has 60 valence electrons. The van der Waals surface area contributed by atoms with Crippen LogP contribution in [0.3, 0.4) is 0 Å². The summed E-state index contributed by atoms with van der Waals surface area (Å²) in [4.78, 5) is 0. The molecule has 0 heterocycles. The molecule has 0 bridgehead atoms. The van der Waals surface area contributed by atoms with Crippen LogP contribution >= 0.6 is 0 Å². The molecule has 0 saturated heterocycles. The van der Waals surface area contributed by atoms with Gasteiger partial charge >= 0.3 is 0 Å². The number of hydrogen-bond donors (Lipinski definition) is 1. The average molecular weight is 143 g/mol. The second-order valence-corrected chi connectivity index (χ2v) is 3.00. The van der Waals surface area contributed by atoms with Gasteiger partial charge in [0.15, 0.2) is 0 Å². The maximum atomic E-state index is 5.26. The third-order valence-electron chi connectivity index (χ3n) is 2.42. The standard InChI is InChI=1S/C8H17NO/c1-9-7-3-5-8(10-2)6-4-7/h7-9H,3-6H2,1-2H3/t7-,8-. The van der Waals surface area contributed by atoms with E-state index in [-0.39, 0.29) is 0 Å². The van der Waals surface area contributed by atoms with E-state index in [1.165, 1.54) is 25.7 Å². The van der Waals surface area contributed by atoms with Gasteiger partial charge in [0.25, 0.3) is 0 Å². The van der Waals surface area contributed by atoms with Crippen molar-refractivity contribution in [3.8, 4) is 0 Å². The van der Waals surface area contributed by atoms with Crippen LogP contribution in [0, 0.1) is 0 Å². The third-order valence-corrected chi connectivity index (χ3v) is 2.42. The first kappa shape index (κ1) is 8.02. The van der Waals surface area contributed by atoms with E-state index in [9.17, 15) is 0 Å². The summed E-state index contributed by atoms with van der Waals surface area (Å²) in [6, 6.07) is 0.742. The van der Waals surface area contributed by atoms with Gasteiger partial charge in [0.2, 0.25) is 0 Å². The molecule has 0 aromatic heterocycles. The fraction of sp³-hybridized carbons (Fsp3) is 1.00. The lowest BCUT2D eigenvalue weighted by Crippen LogP contribution is -2.32. The van der Waals surface area contributed by atoms with Gasteiger partial charge in [-0.05, 0) is 32.7 Å². The van der Waals surface area contributed by atoms with Gasteiger partial charge in [0, 0.05) is 13.2 Å². The van der Waals surface area contributed by atoms with Gasteiger partial charge in [-0.25, -0.2) is 0 Å². The number of rotatable bonds is 2. The largest absolute Gasteiger partial charge is 0.381 e. The number of ether oxygens (including phenoxy) is 1. The molecule has 1 aliphatic carbocycles. The highest BCUT2D eigenvalue weighted by atomic mass is 16.5. The van der Waals surface area contributed by atoms with Crippen molar-refractivity contribution < 1.29 is 4.74 Å². The van der Waals surface area contributed by atoms with Crippen molar-refractivity contribution in [1.82, 2.24) is 5.32 Å². The summed E-state index contributed by atoms with van der Waals surface area (Å²) in [5, 5.41) is 3.29. The Labute approximate surface area is 63.0 Å². The number of nitrogens with one attached hydrogen (secondary N) is 1. The van der Waals surface area contributed by atoms with E-state index in [2.05, 4.69) is 5.32 Å². The van der Waals surface area contributed by atoms with Crippen molar-refractivity contribution in [3.63, 3.8) is 0 Å². The highest BCUT2D eigenvalue weighted by Gasteiger charge is 2.18. The first-order chi connectivity index (χ1) is 4.86. The molecule has 0 radical (unpaired) electrons. The van der Waals surface area contributed by atoms with Crippen LogP contribution in [-0.4, -0.2) is 26.3 Å². The Morgan fingerprint density at radius 2 is 1.80 bits per heavy atom. The first-order valence-electron chi connectivity index (χ1n) is 4.07. The van der Waals surface area contributed by atoms with Gasteiger partial charge in [-0.2, -0.15) is 0 Å². The van der Waals surface area contributed by atoms with Crippen LogP contribution in [0.15, 0.2) is 0 Å². The minimum atomic E-state index is 0.532. The second kappa shape index (κ2) is 3.94. The van der Waals surface area contributed by atoms with Crippen molar-refractivity contribution in [2.75, 3.05) is 14.2 Å². The maximum absolute atomic E-state index is 5.26. The Hall–Kier alpha value is -0.0800. The molecule has 0 aliphatic heterocycles. The summed E-state index contributed by atoms with van der Waals surface area (Å²) < 4.78 is 5.26. The van der Waals surface area contributed by atoms with Crippen molar-refractivity contribution >= 4 is 0 Å². The van der Waals surface area contributed by atoms with Gasteiger partial charge in [-0.1, -0.05) is 0 Å². The summed E-state index contributed by atoms with van der Waals surface area (Å²) in [6.45, 7) is 0. The number of methoxy groups -OCH3 is 1. The lowest BCUT2D eigenvalue weighted by atomic mass is 9.93. The molecular weight excluding hydrogens is 126 g/mol. The van der Waals surface area contributed by atoms with Crippen LogP contribution in [0.2, 0.25) is 0 Å². The van der Waals surface area contributed by atoms with Crippen LogP contribution < -0.4 is 5.32 Å². The lowest BCUT2D eigenvalue weighted by Gasteiger charge is -2.26. The van der Waals surface area contributed by atoms with Gasteiger partial charge in [-0.3, -0.25) is 0 Å². The van der Waals surface area contributed by atoms with E-state index >= 15 is 0 Å². The predicted octanol–water partition coefficient (Wildman–Crippen LogP) is 1.16. The van der Waals surface area contributed by atoms with Gasteiger partial charge in [0.05, 0.1) is 6.10 Å². The zero-order valence-electron chi connectivity index (χ0n) is 6.89. The normalized spacial score (nSPS) is 34.2. The number of hydrogen-bond acceptors (Lipinski definition) is 2. The van der Waals surface area contributed by atoms with Crippen LogP contribution in [0.25, 0.3) is 0 Å². The Bertz CT molecular complexity index is 75.3. The predicted molar refractivity (Wildman–Crippen MR) is 42.1 cm³/mol. The third kappa shape index (κ3) is 1.96. The Kier molecular flexibility index (Phi) is 3.16. The summed E-state index contributed by atoms with van der Waals surface area (Å²) >= 11 is 0. The summed E-state index contributed by atoms with van der Waals surface area (Å²) in [5.41, 5.74) is 0. The molecule has 0 aromatic rings. The molecule has 0 unspecified atom stereocenters. The summed E-state index contributed by atoms with van der Waals surface area (Å²) in [7, 11) is 3.85. The van der Waals surface area contributed by atoms with Crippen LogP contribution in [-0.2, 0) is 4.74 Å². The molecule has 0 atom stereocenters. The van der Waals surface area contributed by atoms with Crippen molar-refractivity contribution in [2.24, 2.45) is 0 Å². The zero-order chi connectivity index (χ0) is 7.40. The topological polar surface area (TPSA) is 21.3 Å². The van der Waals surface area contributed by atoms with E-state index in [4.69, 9.17) is 4.74 Å². The second-order valence-electron chi connectivity index (χ2n) is 3.00. The minimum Gasteiger partial charge on any atom is -0.381 e. The molecule has 2 nitrogen and oxygen atoms in total. The molecular formula is C8H17NO. The van der Waals surface area contributed by atoms with Crippen molar-refractivity contribution in [3.05, 3.63) is 0 Å². The molecule has 0 spiro atoms. The molecule has 1 rings (SSSR count). The molecule has 1 fully saturated rings. The van der Waals surface area contributed by atoms with Crippen LogP contribution in [0.1, 0.15) is 25.7 Å². The summed E-state index contributed by atoms with van der Waals surface area (Å²) in [6.07, 6.45) is 5.53. The molecule has 1 N–H and O–H groups in total. The van der Waals surface area contributed by atoms with Crippen molar-refractivity contribution in [2.45, 2.75) is 37.8 Å². The fourth-order valence-corrected chi connectivity index (χ4v) is 1.59. The minimum absolute atomic E-state index is 0.532. The first-order valence-corrected chi connectivity index (χ1v) is 4.07. The molecule has 1 aliphatic rings. The highest BCUT2D eigenvalue weighted by molar-refractivity contribution is 4.75. The van der Waals surface area contributed by atoms with E-state index in [1.807, 2.05) is 14.2 Å².